The highest BCUT2D eigenvalue weighted by Crippen LogP contribution is 2.43. The van der Waals surface area contributed by atoms with Crippen LogP contribution in [0, 0.1) is 5.41 Å². The summed E-state index contributed by atoms with van der Waals surface area (Å²) < 4.78 is 5.62. The monoisotopic (exact) mass is 199 g/mol. The van der Waals surface area contributed by atoms with E-state index in [-0.39, 0.29) is 11.5 Å². The van der Waals surface area contributed by atoms with Gasteiger partial charge in [-0.15, -0.1) is 0 Å². The van der Waals surface area contributed by atoms with Gasteiger partial charge in [-0.3, -0.25) is 0 Å². The number of nitrogens with two attached hydrogens (primary N) is 1. The highest BCUT2D eigenvalue weighted by Gasteiger charge is 2.42. The largest absolute Gasteiger partial charge is 0.392 e. The number of rotatable bonds is 3. The maximum absolute atomic E-state index is 9.96. The average Bonchev–Trinajstić information content (AvgIpc) is 2.79. The van der Waals surface area contributed by atoms with E-state index in [9.17, 15) is 5.11 Å². The maximum Gasteiger partial charge on any atom is 0.0609 e. The fourth-order valence-electron chi connectivity index (χ4n) is 2.94. The third-order valence-corrected chi connectivity index (χ3v) is 3.92. The normalized spacial score (nSPS) is 43.3. The van der Waals surface area contributed by atoms with E-state index in [1.807, 2.05) is 0 Å². The Hall–Kier alpha value is -0.120. The number of aliphatic hydroxyl groups excluding tert-OH is 1. The molecule has 1 saturated heterocycles. The van der Waals surface area contributed by atoms with E-state index in [1.54, 1.807) is 0 Å². The van der Waals surface area contributed by atoms with Crippen LogP contribution in [0.4, 0.5) is 0 Å². The third-order valence-electron chi connectivity index (χ3n) is 3.92. The molecule has 2 rings (SSSR count). The van der Waals surface area contributed by atoms with Gasteiger partial charge in [-0.05, 0) is 32.1 Å². The van der Waals surface area contributed by atoms with Crippen molar-refractivity contribution in [3.05, 3.63) is 0 Å². The van der Waals surface area contributed by atoms with Gasteiger partial charge < -0.3 is 15.6 Å². The van der Waals surface area contributed by atoms with Crippen molar-refractivity contribution in [2.45, 2.75) is 50.7 Å². The molecule has 1 saturated carbocycles. The molecule has 82 valence electrons. The van der Waals surface area contributed by atoms with E-state index in [0.29, 0.717) is 12.6 Å². The molecular formula is C11H21NO2. The number of aliphatic hydroxyl groups is 1. The first-order chi connectivity index (χ1) is 6.77. The topological polar surface area (TPSA) is 55.5 Å². The Morgan fingerprint density at radius 3 is 2.71 bits per heavy atom. The lowest BCUT2D eigenvalue weighted by Crippen LogP contribution is -2.40. The van der Waals surface area contributed by atoms with Crippen molar-refractivity contribution >= 4 is 0 Å². The molecule has 3 N–H and O–H groups in total. The minimum absolute atomic E-state index is 0.0327. The molecule has 1 aliphatic heterocycles. The Morgan fingerprint density at radius 1 is 1.36 bits per heavy atom. The van der Waals surface area contributed by atoms with Crippen LogP contribution in [0.25, 0.3) is 0 Å². The van der Waals surface area contributed by atoms with Crippen LogP contribution in [0.1, 0.15) is 38.5 Å². The van der Waals surface area contributed by atoms with Gasteiger partial charge in [-0.2, -0.15) is 0 Å². The van der Waals surface area contributed by atoms with Gasteiger partial charge in [0, 0.05) is 18.6 Å². The molecule has 0 aromatic heterocycles. The zero-order valence-corrected chi connectivity index (χ0v) is 8.74. The summed E-state index contributed by atoms with van der Waals surface area (Å²) in [6.07, 6.45) is 6.54. The SMILES string of the molecule is NCC1(CC2CCCO2)CCCC1O. The summed E-state index contributed by atoms with van der Waals surface area (Å²) in [6.45, 7) is 1.50. The quantitative estimate of drug-likeness (QED) is 0.714. The predicted octanol–water partition coefficient (Wildman–Crippen LogP) is 1.05. The summed E-state index contributed by atoms with van der Waals surface area (Å²) in [5.74, 6) is 0. The lowest BCUT2D eigenvalue weighted by atomic mass is 9.78. The Labute approximate surface area is 85.6 Å². The molecule has 3 nitrogen and oxygen atoms in total. The van der Waals surface area contributed by atoms with Crippen LogP contribution in [0.2, 0.25) is 0 Å². The summed E-state index contributed by atoms with van der Waals surface area (Å²) in [5.41, 5.74) is 5.79. The van der Waals surface area contributed by atoms with Gasteiger partial charge in [-0.25, -0.2) is 0 Å². The Kier molecular flexibility index (Phi) is 3.10. The van der Waals surface area contributed by atoms with Gasteiger partial charge >= 0.3 is 0 Å². The second-order valence-electron chi connectivity index (χ2n) is 4.81. The Balaban J connectivity index is 1.97. The average molecular weight is 199 g/mol. The first-order valence-electron chi connectivity index (χ1n) is 5.76. The molecule has 3 unspecified atom stereocenters. The van der Waals surface area contributed by atoms with Crippen LogP contribution < -0.4 is 5.73 Å². The van der Waals surface area contributed by atoms with E-state index >= 15 is 0 Å². The molecule has 0 aromatic carbocycles. The van der Waals surface area contributed by atoms with E-state index in [1.165, 1.54) is 6.42 Å². The predicted molar refractivity (Wildman–Crippen MR) is 54.9 cm³/mol. The standard InChI is InChI=1S/C11H21NO2/c12-8-11(5-1-4-10(11)13)7-9-3-2-6-14-9/h9-10,13H,1-8,12H2. The Morgan fingerprint density at radius 2 is 2.21 bits per heavy atom. The van der Waals surface area contributed by atoms with Crippen LogP contribution >= 0.6 is 0 Å². The molecule has 1 heterocycles. The third kappa shape index (κ3) is 1.81. The summed E-state index contributed by atoms with van der Waals surface area (Å²) in [7, 11) is 0. The van der Waals surface area contributed by atoms with Crippen LogP contribution in [0.3, 0.4) is 0 Å². The number of hydrogen-bond donors (Lipinski definition) is 2. The van der Waals surface area contributed by atoms with Crippen LogP contribution in [-0.2, 0) is 4.74 Å². The fraction of sp³-hybridized carbons (Fsp3) is 1.00. The van der Waals surface area contributed by atoms with Gasteiger partial charge in [0.05, 0.1) is 12.2 Å². The molecule has 2 fully saturated rings. The van der Waals surface area contributed by atoms with Crippen molar-refractivity contribution < 1.29 is 9.84 Å². The molecule has 0 spiro atoms. The molecule has 14 heavy (non-hydrogen) atoms. The molecule has 0 aromatic rings. The van der Waals surface area contributed by atoms with Gasteiger partial charge in [0.1, 0.15) is 0 Å². The summed E-state index contributed by atoms with van der Waals surface area (Å²) in [4.78, 5) is 0. The minimum atomic E-state index is -0.198. The van der Waals surface area contributed by atoms with Gasteiger partial charge in [0.2, 0.25) is 0 Å². The molecule has 3 heteroatoms. The van der Waals surface area contributed by atoms with Crippen molar-refractivity contribution in [3.8, 4) is 0 Å². The van der Waals surface area contributed by atoms with Gasteiger partial charge in [0.25, 0.3) is 0 Å². The lowest BCUT2D eigenvalue weighted by Gasteiger charge is -2.33. The highest BCUT2D eigenvalue weighted by molar-refractivity contribution is 4.95. The smallest absolute Gasteiger partial charge is 0.0609 e. The molecule has 0 amide bonds. The maximum atomic E-state index is 9.96. The fourth-order valence-corrected chi connectivity index (χ4v) is 2.94. The lowest BCUT2D eigenvalue weighted by molar-refractivity contribution is 0.00257. The molecule has 1 aliphatic carbocycles. The first kappa shape index (κ1) is 10.4. The van der Waals surface area contributed by atoms with Crippen molar-refractivity contribution in [2.75, 3.05) is 13.2 Å². The molecule has 3 atom stereocenters. The summed E-state index contributed by atoms with van der Waals surface area (Å²) in [6, 6.07) is 0. The molecular weight excluding hydrogens is 178 g/mol. The van der Waals surface area contributed by atoms with Crippen molar-refractivity contribution in [1.29, 1.82) is 0 Å². The van der Waals surface area contributed by atoms with Crippen LogP contribution in [-0.4, -0.2) is 30.5 Å². The van der Waals surface area contributed by atoms with Gasteiger partial charge in [0.15, 0.2) is 0 Å². The van der Waals surface area contributed by atoms with E-state index < -0.39 is 0 Å². The van der Waals surface area contributed by atoms with Crippen LogP contribution in [0.15, 0.2) is 0 Å². The molecule has 2 aliphatic rings. The summed E-state index contributed by atoms with van der Waals surface area (Å²) in [5, 5.41) is 9.96. The zero-order chi connectivity index (χ0) is 10.0. The van der Waals surface area contributed by atoms with E-state index in [2.05, 4.69) is 0 Å². The highest BCUT2D eigenvalue weighted by atomic mass is 16.5. The molecule has 0 bridgehead atoms. The van der Waals surface area contributed by atoms with Crippen molar-refractivity contribution in [2.24, 2.45) is 11.1 Å². The number of ether oxygens (including phenoxy) is 1. The first-order valence-corrected chi connectivity index (χ1v) is 5.76. The second-order valence-corrected chi connectivity index (χ2v) is 4.81. The van der Waals surface area contributed by atoms with E-state index in [4.69, 9.17) is 10.5 Å². The summed E-state index contributed by atoms with van der Waals surface area (Å²) >= 11 is 0. The van der Waals surface area contributed by atoms with Gasteiger partial charge in [-0.1, -0.05) is 6.42 Å². The van der Waals surface area contributed by atoms with Crippen LogP contribution in [0.5, 0.6) is 0 Å². The zero-order valence-electron chi connectivity index (χ0n) is 8.74. The van der Waals surface area contributed by atoms with E-state index in [0.717, 1.165) is 38.7 Å². The number of hydrogen-bond acceptors (Lipinski definition) is 3. The van der Waals surface area contributed by atoms with Crippen molar-refractivity contribution in [1.82, 2.24) is 0 Å². The Bertz CT molecular complexity index is 192. The van der Waals surface area contributed by atoms with Crippen molar-refractivity contribution in [3.63, 3.8) is 0 Å². The second kappa shape index (κ2) is 4.17. The minimum Gasteiger partial charge on any atom is -0.392 e. The molecule has 0 radical (unpaired) electrons.